The summed E-state index contributed by atoms with van der Waals surface area (Å²) in [6.07, 6.45) is 10.9. The molecule has 1 aliphatic heterocycles. The van der Waals surface area contributed by atoms with Crippen molar-refractivity contribution in [1.29, 1.82) is 0 Å². The van der Waals surface area contributed by atoms with Crippen LogP contribution in [-0.4, -0.2) is 55.1 Å². The summed E-state index contributed by atoms with van der Waals surface area (Å²) in [4.78, 5) is 27.9. The van der Waals surface area contributed by atoms with Crippen molar-refractivity contribution >= 4 is 17.6 Å². The summed E-state index contributed by atoms with van der Waals surface area (Å²) in [6, 6.07) is 12.4. The molecule has 0 radical (unpaired) electrons. The minimum Gasteiger partial charge on any atom is -0.444 e. The van der Waals surface area contributed by atoms with Gasteiger partial charge in [-0.05, 0) is 62.9 Å². The Kier molecular flexibility index (Phi) is 6.11. The molecule has 1 saturated heterocycles. The van der Waals surface area contributed by atoms with Crippen LogP contribution < -0.4 is 5.32 Å². The van der Waals surface area contributed by atoms with Gasteiger partial charge in [0.25, 0.3) is 0 Å². The van der Waals surface area contributed by atoms with E-state index in [0.717, 1.165) is 40.9 Å². The van der Waals surface area contributed by atoms with Crippen LogP contribution in [0.3, 0.4) is 0 Å². The molecule has 0 bridgehead atoms. The van der Waals surface area contributed by atoms with Crippen molar-refractivity contribution in [3.05, 3.63) is 67.4 Å². The highest BCUT2D eigenvalue weighted by atomic mass is 16.6. The van der Waals surface area contributed by atoms with Crippen LogP contribution in [0.4, 0.5) is 10.6 Å². The normalized spacial score (nSPS) is 16.3. The SMILES string of the molecule is CC(C)(C)OC(=O)N1CCC[C@H](Nc2nccn3cc(-c4cccc(-c5ccncc5)c4)nc23)C1. The number of nitrogens with zero attached hydrogens (tertiary/aromatic N) is 5. The lowest BCUT2D eigenvalue weighted by atomic mass is 10.0. The second-order valence-electron chi connectivity index (χ2n) is 9.86. The lowest BCUT2D eigenvalue weighted by Crippen LogP contribution is -2.47. The molecule has 180 valence electrons. The fourth-order valence-electron chi connectivity index (χ4n) is 4.34. The first kappa shape index (κ1) is 22.8. The first-order valence-corrected chi connectivity index (χ1v) is 11.9. The van der Waals surface area contributed by atoms with Crippen molar-refractivity contribution in [2.24, 2.45) is 0 Å². The smallest absolute Gasteiger partial charge is 0.410 e. The molecule has 1 aromatic carbocycles. The van der Waals surface area contributed by atoms with E-state index in [1.54, 1.807) is 23.5 Å². The Morgan fingerprint density at radius 1 is 1.09 bits per heavy atom. The number of imidazole rings is 1. The fourth-order valence-corrected chi connectivity index (χ4v) is 4.34. The Hall–Kier alpha value is -3.94. The number of carbonyl (C=O) groups excluding carboxylic acids is 1. The number of pyridine rings is 1. The maximum absolute atomic E-state index is 12.6. The predicted octanol–water partition coefficient (Wildman–Crippen LogP) is 5.27. The minimum absolute atomic E-state index is 0.0742. The molecular weight excluding hydrogens is 440 g/mol. The second kappa shape index (κ2) is 9.37. The van der Waals surface area contributed by atoms with Gasteiger partial charge in [0.15, 0.2) is 11.5 Å². The zero-order chi connectivity index (χ0) is 24.4. The van der Waals surface area contributed by atoms with Crippen molar-refractivity contribution in [2.45, 2.75) is 45.3 Å². The third kappa shape index (κ3) is 5.26. The monoisotopic (exact) mass is 470 g/mol. The van der Waals surface area contributed by atoms with E-state index in [4.69, 9.17) is 9.72 Å². The molecule has 1 aliphatic rings. The molecule has 8 nitrogen and oxygen atoms in total. The molecule has 0 saturated carbocycles. The van der Waals surface area contributed by atoms with Gasteiger partial charge in [0.05, 0.1) is 5.69 Å². The van der Waals surface area contributed by atoms with Crippen LogP contribution in [0.5, 0.6) is 0 Å². The molecule has 5 rings (SSSR count). The van der Waals surface area contributed by atoms with E-state index < -0.39 is 5.60 Å². The van der Waals surface area contributed by atoms with E-state index in [2.05, 4.69) is 33.5 Å². The number of fused-ring (bicyclic) bond motifs is 1. The van der Waals surface area contributed by atoms with Crippen molar-refractivity contribution in [2.75, 3.05) is 18.4 Å². The van der Waals surface area contributed by atoms with Crippen LogP contribution in [0, 0.1) is 0 Å². The zero-order valence-electron chi connectivity index (χ0n) is 20.3. The number of rotatable bonds is 4. The number of carbonyl (C=O) groups is 1. The number of hydrogen-bond donors (Lipinski definition) is 1. The van der Waals surface area contributed by atoms with Crippen LogP contribution in [0.2, 0.25) is 0 Å². The maximum atomic E-state index is 12.6. The number of ether oxygens (including phenoxy) is 1. The van der Waals surface area contributed by atoms with Crippen LogP contribution in [0.1, 0.15) is 33.6 Å². The summed E-state index contributed by atoms with van der Waals surface area (Å²) in [5.74, 6) is 0.708. The molecule has 8 heteroatoms. The predicted molar refractivity (Wildman–Crippen MR) is 136 cm³/mol. The molecule has 0 spiro atoms. The van der Waals surface area contributed by atoms with Gasteiger partial charge in [0, 0.05) is 55.7 Å². The van der Waals surface area contributed by atoms with Crippen LogP contribution in [-0.2, 0) is 4.74 Å². The van der Waals surface area contributed by atoms with Gasteiger partial charge in [-0.25, -0.2) is 14.8 Å². The average Bonchev–Trinajstić information content (AvgIpc) is 3.30. The second-order valence-corrected chi connectivity index (χ2v) is 9.86. The quantitative estimate of drug-likeness (QED) is 0.437. The highest BCUT2D eigenvalue weighted by Crippen LogP contribution is 2.27. The summed E-state index contributed by atoms with van der Waals surface area (Å²) in [5, 5.41) is 3.52. The van der Waals surface area contributed by atoms with E-state index in [-0.39, 0.29) is 12.1 Å². The van der Waals surface area contributed by atoms with Crippen LogP contribution in [0.15, 0.2) is 67.4 Å². The standard InChI is InChI=1S/C27H30N6O2/c1-27(2,3)35-26(34)33-14-5-8-22(17-33)30-24-25-31-23(18-32(25)15-13-29-24)21-7-4-6-20(16-21)19-9-11-28-12-10-19/h4,6-7,9-13,15-16,18,22H,5,8,14,17H2,1-3H3,(H,29,30)/t22-/m0/s1. The summed E-state index contributed by atoms with van der Waals surface area (Å²) in [7, 11) is 0. The highest BCUT2D eigenvalue weighted by Gasteiger charge is 2.28. The van der Waals surface area contributed by atoms with Crippen molar-refractivity contribution in [3.8, 4) is 22.4 Å². The van der Waals surface area contributed by atoms with Gasteiger partial charge >= 0.3 is 6.09 Å². The van der Waals surface area contributed by atoms with Gasteiger partial charge in [-0.2, -0.15) is 0 Å². The van der Waals surface area contributed by atoms with Gasteiger partial charge in [0.1, 0.15) is 5.60 Å². The lowest BCUT2D eigenvalue weighted by Gasteiger charge is -2.34. The Morgan fingerprint density at radius 3 is 2.69 bits per heavy atom. The molecule has 1 amide bonds. The van der Waals surface area contributed by atoms with Crippen LogP contribution in [0.25, 0.3) is 28.0 Å². The molecule has 1 atom stereocenters. The van der Waals surface area contributed by atoms with E-state index in [1.807, 2.05) is 55.8 Å². The molecule has 0 unspecified atom stereocenters. The number of anilines is 1. The molecule has 4 aromatic rings. The zero-order valence-corrected chi connectivity index (χ0v) is 20.3. The Bertz CT molecular complexity index is 1330. The molecule has 35 heavy (non-hydrogen) atoms. The molecular formula is C27H30N6O2. The largest absolute Gasteiger partial charge is 0.444 e. The summed E-state index contributed by atoms with van der Waals surface area (Å²) < 4.78 is 7.55. The van der Waals surface area contributed by atoms with Gasteiger partial charge in [-0.3, -0.25) is 4.98 Å². The third-order valence-corrected chi connectivity index (χ3v) is 5.96. The Balaban J connectivity index is 1.37. The number of aromatic nitrogens is 4. The van der Waals surface area contributed by atoms with E-state index in [9.17, 15) is 4.79 Å². The Labute approximate surface area is 205 Å². The van der Waals surface area contributed by atoms with Crippen molar-refractivity contribution < 1.29 is 9.53 Å². The summed E-state index contributed by atoms with van der Waals surface area (Å²) in [5.41, 5.74) is 4.38. The molecule has 4 heterocycles. The van der Waals surface area contributed by atoms with Gasteiger partial charge in [0.2, 0.25) is 0 Å². The number of hydrogen-bond acceptors (Lipinski definition) is 6. The number of likely N-dealkylation sites (tertiary alicyclic amines) is 1. The molecule has 3 aromatic heterocycles. The Morgan fingerprint density at radius 2 is 1.89 bits per heavy atom. The van der Waals surface area contributed by atoms with Gasteiger partial charge < -0.3 is 19.4 Å². The first-order chi connectivity index (χ1) is 16.9. The van der Waals surface area contributed by atoms with E-state index in [1.165, 1.54) is 0 Å². The maximum Gasteiger partial charge on any atom is 0.410 e. The first-order valence-electron chi connectivity index (χ1n) is 11.9. The third-order valence-electron chi connectivity index (χ3n) is 5.96. The van der Waals surface area contributed by atoms with Crippen LogP contribution >= 0.6 is 0 Å². The average molecular weight is 471 g/mol. The summed E-state index contributed by atoms with van der Waals surface area (Å²) in [6.45, 7) is 6.93. The van der Waals surface area contributed by atoms with Gasteiger partial charge in [-0.15, -0.1) is 0 Å². The van der Waals surface area contributed by atoms with E-state index in [0.29, 0.717) is 18.9 Å². The summed E-state index contributed by atoms with van der Waals surface area (Å²) >= 11 is 0. The van der Waals surface area contributed by atoms with Crippen molar-refractivity contribution in [1.82, 2.24) is 24.3 Å². The highest BCUT2D eigenvalue weighted by molar-refractivity contribution is 5.74. The number of amides is 1. The molecule has 0 aliphatic carbocycles. The number of nitrogens with one attached hydrogen (secondary N) is 1. The fraction of sp³-hybridized carbons (Fsp3) is 0.333. The topological polar surface area (TPSA) is 84.7 Å². The van der Waals surface area contributed by atoms with E-state index >= 15 is 0 Å². The lowest BCUT2D eigenvalue weighted by molar-refractivity contribution is 0.0206. The van der Waals surface area contributed by atoms with Crippen molar-refractivity contribution in [3.63, 3.8) is 0 Å². The van der Waals surface area contributed by atoms with Gasteiger partial charge in [-0.1, -0.05) is 18.2 Å². The number of benzene rings is 1. The molecule has 1 N–H and O–H groups in total. The number of piperidine rings is 1. The molecule has 1 fully saturated rings. The minimum atomic E-state index is -0.508.